The summed E-state index contributed by atoms with van der Waals surface area (Å²) in [6.45, 7) is 1.37. The molecular weight excluding hydrogens is 233 g/mol. The van der Waals surface area contributed by atoms with Crippen molar-refractivity contribution < 1.29 is 18.9 Å². The lowest BCUT2D eigenvalue weighted by Gasteiger charge is -2.32. The first-order valence-corrected chi connectivity index (χ1v) is 6.16. The Kier molecular flexibility index (Phi) is 1.60. The van der Waals surface area contributed by atoms with Gasteiger partial charge in [-0.05, 0) is 27.7 Å². The summed E-state index contributed by atoms with van der Waals surface area (Å²) < 4.78 is 65.4. The molecule has 0 unspecified atom stereocenters. The van der Waals surface area contributed by atoms with Crippen LogP contribution in [0.3, 0.4) is 0 Å². The van der Waals surface area contributed by atoms with Crippen LogP contribution in [0.25, 0.3) is 0 Å². The van der Waals surface area contributed by atoms with E-state index in [1.54, 1.807) is 0 Å². The van der Waals surface area contributed by atoms with Crippen LogP contribution in [0.4, 0.5) is 0 Å². The number of rotatable bonds is 2. The molecule has 3 nitrogen and oxygen atoms in total. The van der Waals surface area contributed by atoms with E-state index in [1.165, 1.54) is 6.20 Å². The molecule has 1 saturated heterocycles. The van der Waals surface area contributed by atoms with Crippen molar-refractivity contribution >= 4 is 23.2 Å². The summed E-state index contributed by atoms with van der Waals surface area (Å²) in [5.74, 6) is -2.80. The summed E-state index contributed by atoms with van der Waals surface area (Å²) in [6, 6.07) is 0. The summed E-state index contributed by atoms with van der Waals surface area (Å²) in [5, 5.41) is -0.299. The molecule has 1 aliphatic heterocycles. The van der Waals surface area contributed by atoms with Gasteiger partial charge in [0.15, 0.2) is 0 Å². The normalized spacial score (nSPS) is 30.6. The van der Waals surface area contributed by atoms with Crippen molar-refractivity contribution in [2.24, 2.45) is 0 Å². The van der Waals surface area contributed by atoms with Crippen LogP contribution in [0.15, 0.2) is 6.20 Å². The van der Waals surface area contributed by atoms with Crippen molar-refractivity contribution in [1.82, 2.24) is 4.98 Å². The maximum absolute atomic E-state index is 8.15. The van der Waals surface area contributed by atoms with Crippen molar-refractivity contribution in [1.29, 1.82) is 0 Å². The van der Waals surface area contributed by atoms with Gasteiger partial charge in [-0.1, -0.05) is 13.7 Å². The Hall–Kier alpha value is -0.385. The molecule has 0 amide bonds. The first-order chi connectivity index (χ1) is 10.5. The third kappa shape index (κ3) is 2.28. The molecule has 2 heterocycles. The average molecular weight is 260 g/mol. The van der Waals surface area contributed by atoms with Gasteiger partial charge in [0, 0.05) is 21.7 Å². The topological polar surface area (TPSA) is 31.4 Å². The molecule has 0 spiro atoms. The highest BCUT2D eigenvalue weighted by molar-refractivity contribution is 7.22. The summed E-state index contributed by atoms with van der Waals surface area (Å²) in [4.78, 5) is 3.91. The Morgan fingerprint density at radius 3 is 2.47 bits per heavy atom. The van der Waals surface area contributed by atoms with Crippen LogP contribution in [0.1, 0.15) is 61.9 Å². The lowest BCUT2D eigenvalue weighted by atomic mass is 9.89. The Morgan fingerprint density at radius 1 is 1.35 bits per heavy atom. The van der Waals surface area contributed by atoms with Gasteiger partial charge in [-0.3, -0.25) is 0 Å². The molecule has 1 aliphatic rings. The van der Waals surface area contributed by atoms with Crippen molar-refractivity contribution in [2.75, 3.05) is 0 Å². The zero-order valence-electron chi connectivity index (χ0n) is 17.3. The molecular formula is C12H20BNO2S. The average Bonchev–Trinajstić information content (AvgIpc) is 2.89. The minimum absolute atomic E-state index is 0.299. The highest BCUT2D eigenvalue weighted by Crippen LogP contribution is 2.37. The molecule has 0 atom stereocenters. The minimum Gasteiger partial charge on any atom is -0.399 e. The van der Waals surface area contributed by atoms with Gasteiger partial charge in [0.25, 0.3) is 0 Å². The lowest BCUT2D eigenvalue weighted by molar-refractivity contribution is 0.00578. The molecule has 2 rings (SSSR count). The van der Waals surface area contributed by atoms with Gasteiger partial charge in [0.05, 0.1) is 21.0 Å². The Bertz CT molecular complexity index is 596. The van der Waals surface area contributed by atoms with Crippen LogP contribution >= 0.6 is 11.3 Å². The molecule has 17 heavy (non-hydrogen) atoms. The minimum atomic E-state index is -3.05. The van der Waals surface area contributed by atoms with Crippen molar-refractivity contribution in [3.05, 3.63) is 11.2 Å². The molecule has 1 aromatic rings. The molecule has 1 fully saturated rings. The monoisotopic (exact) mass is 260 g/mol. The maximum Gasteiger partial charge on any atom is 0.507 e. The Balaban J connectivity index is 2.41. The zero-order valence-corrected chi connectivity index (χ0v) is 11.1. The Morgan fingerprint density at radius 2 is 1.94 bits per heavy atom. The van der Waals surface area contributed by atoms with Crippen LogP contribution in [0.5, 0.6) is 0 Å². The van der Waals surface area contributed by atoms with E-state index in [1.807, 2.05) is 27.7 Å². The quantitative estimate of drug-likeness (QED) is 0.766. The van der Waals surface area contributed by atoms with Crippen molar-refractivity contribution in [2.45, 2.75) is 58.5 Å². The second kappa shape index (κ2) is 4.07. The lowest BCUT2D eigenvalue weighted by Crippen LogP contribution is -2.41. The van der Waals surface area contributed by atoms with Gasteiger partial charge in [-0.25, -0.2) is 4.98 Å². The maximum atomic E-state index is 8.15. The van der Waals surface area contributed by atoms with Crippen LogP contribution in [0, 0.1) is 0 Å². The predicted molar refractivity (Wildman–Crippen MR) is 71.9 cm³/mol. The molecule has 94 valence electrons. The van der Waals surface area contributed by atoms with Crippen LogP contribution in [-0.4, -0.2) is 23.3 Å². The largest absolute Gasteiger partial charge is 0.507 e. The standard InChI is InChI=1S/C12H20BNO2S/c1-8(2)10-14-7-9(17-10)13-15-11(3,4)12(5,6)16-13/h7-8H,1-6H3/i1D3,2D3,8D. The van der Waals surface area contributed by atoms with Gasteiger partial charge in [-0.2, -0.15) is 0 Å². The number of hydrogen-bond acceptors (Lipinski definition) is 4. The van der Waals surface area contributed by atoms with E-state index in [2.05, 4.69) is 4.98 Å². The highest BCUT2D eigenvalue weighted by Gasteiger charge is 2.52. The molecule has 0 aliphatic carbocycles. The van der Waals surface area contributed by atoms with E-state index in [4.69, 9.17) is 18.9 Å². The highest BCUT2D eigenvalue weighted by atomic mass is 32.1. The van der Waals surface area contributed by atoms with E-state index < -0.39 is 37.9 Å². The predicted octanol–water partition coefficient (Wildman–Crippen LogP) is 2.57. The first kappa shape index (κ1) is 6.69. The molecule has 1 aromatic heterocycles. The number of hydrogen-bond donors (Lipinski definition) is 0. The summed E-state index contributed by atoms with van der Waals surface area (Å²) in [6.07, 6.45) is 1.32. The molecule has 5 heteroatoms. The van der Waals surface area contributed by atoms with E-state index >= 15 is 0 Å². The number of nitrogens with zero attached hydrogens (tertiary/aromatic N) is 1. The zero-order chi connectivity index (χ0) is 18.8. The molecule has 0 radical (unpaired) electrons. The SMILES string of the molecule is [2H]C([2H])([2H])C([2H])(c1ncc(B2OC(C)(C)C(C)(C)O2)s1)C([2H])([2H])[2H]. The van der Waals surface area contributed by atoms with Crippen LogP contribution < -0.4 is 4.78 Å². The van der Waals surface area contributed by atoms with E-state index in [-0.39, 0.29) is 5.01 Å². The number of thiazole rings is 1. The fourth-order valence-electron chi connectivity index (χ4n) is 1.47. The summed E-state index contributed by atoms with van der Waals surface area (Å²) in [5.41, 5.74) is -1.18. The second-order valence-electron chi connectivity index (χ2n) is 5.03. The van der Waals surface area contributed by atoms with Gasteiger partial charge in [0.2, 0.25) is 0 Å². The van der Waals surface area contributed by atoms with Gasteiger partial charge >= 0.3 is 7.12 Å². The van der Waals surface area contributed by atoms with Crippen LogP contribution in [0.2, 0.25) is 0 Å². The third-order valence-electron chi connectivity index (χ3n) is 3.22. The van der Waals surface area contributed by atoms with Gasteiger partial charge in [-0.15, -0.1) is 11.3 Å². The van der Waals surface area contributed by atoms with Crippen molar-refractivity contribution in [3.8, 4) is 0 Å². The van der Waals surface area contributed by atoms with Crippen LogP contribution in [-0.2, 0) is 9.31 Å². The van der Waals surface area contributed by atoms with E-state index in [0.717, 1.165) is 11.3 Å². The molecule has 0 saturated carbocycles. The van der Waals surface area contributed by atoms with E-state index in [0.29, 0.717) is 4.78 Å². The Labute approximate surface area is 118 Å². The van der Waals surface area contributed by atoms with Gasteiger partial charge in [0.1, 0.15) is 0 Å². The first-order valence-electron chi connectivity index (χ1n) is 8.85. The smallest absolute Gasteiger partial charge is 0.399 e. The fraction of sp³-hybridized carbons (Fsp3) is 0.750. The second-order valence-corrected chi connectivity index (χ2v) is 6.09. The number of aromatic nitrogens is 1. The third-order valence-corrected chi connectivity index (χ3v) is 4.26. The van der Waals surface area contributed by atoms with E-state index in [9.17, 15) is 0 Å². The molecule has 0 N–H and O–H groups in total. The molecule has 0 bridgehead atoms. The van der Waals surface area contributed by atoms with Gasteiger partial charge < -0.3 is 9.31 Å². The summed E-state index contributed by atoms with van der Waals surface area (Å²) >= 11 is 0.824. The van der Waals surface area contributed by atoms with Crippen molar-refractivity contribution in [3.63, 3.8) is 0 Å². The molecule has 0 aromatic carbocycles. The fourth-order valence-corrected chi connectivity index (χ4v) is 2.20. The summed E-state index contributed by atoms with van der Waals surface area (Å²) in [7, 11) is -0.779.